The predicted molar refractivity (Wildman–Crippen MR) is 42.3 cm³/mol. The van der Waals surface area contributed by atoms with Gasteiger partial charge in [-0.2, -0.15) is 0 Å². The molecule has 1 fully saturated rings. The maximum Gasteiger partial charge on any atom is 0.334 e. The summed E-state index contributed by atoms with van der Waals surface area (Å²) in [5.74, 6) is -2.48. The Morgan fingerprint density at radius 2 is 2.08 bits per heavy atom. The Bertz CT molecular complexity index is 249. The van der Waals surface area contributed by atoms with Gasteiger partial charge in [-0.1, -0.05) is 0 Å². The molecule has 1 aliphatic heterocycles. The Morgan fingerprint density at radius 1 is 1.38 bits per heavy atom. The van der Waals surface area contributed by atoms with Crippen molar-refractivity contribution in [1.29, 1.82) is 0 Å². The first-order valence-electron chi connectivity index (χ1n) is 3.90. The normalized spacial score (nSPS) is 23.1. The summed E-state index contributed by atoms with van der Waals surface area (Å²) in [6, 6.07) is 0. The molecule has 1 atom stereocenters. The molecular weight excluding hydrogens is 176 g/mol. The third kappa shape index (κ3) is 2.55. The van der Waals surface area contributed by atoms with Crippen LogP contribution in [0.2, 0.25) is 0 Å². The maximum atomic E-state index is 10.6. The topological polar surface area (TPSA) is 83.8 Å². The Balaban J connectivity index is 2.78. The number of ether oxygens (including phenoxy) is 1. The fraction of sp³-hybridized carbons (Fsp3) is 0.500. The lowest BCUT2D eigenvalue weighted by Crippen LogP contribution is -2.18. The van der Waals surface area contributed by atoms with Gasteiger partial charge in [0.25, 0.3) is 0 Å². The number of carboxylic acid groups (broad SMARTS) is 2. The van der Waals surface area contributed by atoms with Crippen LogP contribution < -0.4 is 0 Å². The lowest BCUT2D eigenvalue weighted by molar-refractivity contribution is -0.136. The molecule has 0 bridgehead atoms. The van der Waals surface area contributed by atoms with Crippen molar-refractivity contribution in [3.05, 3.63) is 11.6 Å². The molecule has 0 saturated carbocycles. The summed E-state index contributed by atoms with van der Waals surface area (Å²) < 4.78 is 5.06. The molecule has 0 aliphatic carbocycles. The van der Waals surface area contributed by atoms with Crippen molar-refractivity contribution in [3.63, 3.8) is 0 Å². The van der Waals surface area contributed by atoms with Crippen molar-refractivity contribution in [1.82, 2.24) is 0 Å². The van der Waals surface area contributed by atoms with E-state index in [0.717, 1.165) is 6.42 Å². The van der Waals surface area contributed by atoms with E-state index in [9.17, 15) is 9.59 Å². The van der Waals surface area contributed by atoms with E-state index in [2.05, 4.69) is 0 Å². The van der Waals surface area contributed by atoms with E-state index >= 15 is 0 Å². The van der Waals surface area contributed by atoms with Gasteiger partial charge in [-0.05, 0) is 12.8 Å². The van der Waals surface area contributed by atoms with Crippen LogP contribution in [0.1, 0.15) is 12.8 Å². The molecule has 0 radical (unpaired) electrons. The number of aliphatic carboxylic acids is 2. The van der Waals surface area contributed by atoms with Crippen LogP contribution in [0.15, 0.2) is 11.6 Å². The van der Waals surface area contributed by atoms with Crippen molar-refractivity contribution in [2.75, 3.05) is 6.61 Å². The highest BCUT2D eigenvalue weighted by Gasteiger charge is 2.25. The van der Waals surface area contributed by atoms with Gasteiger partial charge in [0.2, 0.25) is 0 Å². The second-order valence-corrected chi connectivity index (χ2v) is 2.74. The Hall–Kier alpha value is -1.36. The molecule has 5 heteroatoms. The van der Waals surface area contributed by atoms with Crippen LogP contribution in [-0.2, 0) is 14.3 Å². The van der Waals surface area contributed by atoms with E-state index in [1.807, 2.05) is 0 Å². The van der Waals surface area contributed by atoms with Crippen molar-refractivity contribution in [2.45, 2.75) is 18.9 Å². The molecule has 0 aromatic rings. The molecular formula is C8H10O5. The van der Waals surface area contributed by atoms with Gasteiger partial charge in [-0.15, -0.1) is 0 Å². The number of rotatable bonds is 3. The van der Waals surface area contributed by atoms with Gasteiger partial charge in [-0.3, -0.25) is 0 Å². The zero-order valence-corrected chi connectivity index (χ0v) is 6.90. The first kappa shape index (κ1) is 9.73. The maximum absolute atomic E-state index is 10.6. The summed E-state index contributed by atoms with van der Waals surface area (Å²) in [4.78, 5) is 20.9. The zero-order chi connectivity index (χ0) is 9.84. The van der Waals surface area contributed by atoms with Crippen LogP contribution in [0.5, 0.6) is 0 Å². The molecule has 13 heavy (non-hydrogen) atoms. The summed E-state index contributed by atoms with van der Waals surface area (Å²) in [6.07, 6.45) is 1.48. The van der Waals surface area contributed by atoms with Gasteiger partial charge < -0.3 is 14.9 Å². The SMILES string of the molecule is O=C(O)C=C(C(=O)O)C1CCCO1. The molecule has 2 N–H and O–H groups in total. The summed E-state index contributed by atoms with van der Waals surface area (Å²) in [6.45, 7) is 0.495. The van der Waals surface area contributed by atoms with Gasteiger partial charge in [0.05, 0.1) is 11.7 Å². The molecule has 0 amide bonds. The van der Waals surface area contributed by atoms with Crippen LogP contribution in [0.3, 0.4) is 0 Å². The predicted octanol–water partition coefficient (Wildman–Crippen LogP) is 0.261. The van der Waals surface area contributed by atoms with Crippen molar-refractivity contribution in [2.24, 2.45) is 0 Å². The average Bonchev–Trinajstić information content (AvgIpc) is 2.50. The van der Waals surface area contributed by atoms with Gasteiger partial charge in [0, 0.05) is 12.7 Å². The minimum absolute atomic E-state index is 0.176. The van der Waals surface area contributed by atoms with Gasteiger partial charge >= 0.3 is 11.9 Å². The highest BCUT2D eigenvalue weighted by Crippen LogP contribution is 2.19. The minimum atomic E-state index is -1.26. The Labute approximate surface area is 74.6 Å². The molecule has 1 rings (SSSR count). The summed E-state index contributed by atoms with van der Waals surface area (Å²) in [5, 5.41) is 17.1. The van der Waals surface area contributed by atoms with Gasteiger partial charge in [0.15, 0.2) is 0 Å². The summed E-state index contributed by atoms with van der Waals surface area (Å²) in [5.41, 5.74) is -0.176. The number of carboxylic acids is 2. The molecule has 72 valence electrons. The first-order chi connectivity index (χ1) is 6.11. The van der Waals surface area contributed by atoms with E-state index < -0.39 is 18.0 Å². The van der Waals surface area contributed by atoms with Crippen LogP contribution in [0.25, 0.3) is 0 Å². The van der Waals surface area contributed by atoms with E-state index in [-0.39, 0.29) is 5.57 Å². The van der Waals surface area contributed by atoms with Crippen LogP contribution in [0, 0.1) is 0 Å². The largest absolute Gasteiger partial charge is 0.478 e. The van der Waals surface area contributed by atoms with Crippen molar-refractivity contribution >= 4 is 11.9 Å². The highest BCUT2D eigenvalue weighted by atomic mass is 16.5. The van der Waals surface area contributed by atoms with E-state index in [1.165, 1.54) is 0 Å². The number of hydrogen-bond acceptors (Lipinski definition) is 3. The standard InChI is InChI=1S/C8H10O5/c9-7(10)4-5(8(11)12)6-2-1-3-13-6/h4,6H,1-3H2,(H,9,10)(H,11,12). The number of carbonyl (C=O) groups is 2. The molecule has 1 unspecified atom stereocenters. The first-order valence-corrected chi connectivity index (χ1v) is 3.90. The second-order valence-electron chi connectivity index (χ2n) is 2.74. The molecule has 0 aromatic carbocycles. The fourth-order valence-corrected chi connectivity index (χ4v) is 1.25. The average molecular weight is 186 g/mol. The van der Waals surface area contributed by atoms with Crippen LogP contribution in [0.4, 0.5) is 0 Å². The quantitative estimate of drug-likeness (QED) is 0.617. The summed E-state index contributed by atoms with van der Waals surface area (Å²) >= 11 is 0. The fourth-order valence-electron chi connectivity index (χ4n) is 1.25. The van der Waals surface area contributed by atoms with E-state index in [4.69, 9.17) is 14.9 Å². The zero-order valence-electron chi connectivity index (χ0n) is 6.90. The third-order valence-electron chi connectivity index (χ3n) is 1.80. The third-order valence-corrected chi connectivity index (χ3v) is 1.80. The molecule has 1 aliphatic rings. The lowest BCUT2D eigenvalue weighted by Gasteiger charge is -2.08. The van der Waals surface area contributed by atoms with Crippen molar-refractivity contribution in [3.8, 4) is 0 Å². The van der Waals surface area contributed by atoms with Gasteiger partial charge in [-0.25, -0.2) is 9.59 Å². The van der Waals surface area contributed by atoms with Gasteiger partial charge in [0.1, 0.15) is 0 Å². The number of hydrogen-bond donors (Lipinski definition) is 2. The molecule has 0 aromatic heterocycles. The van der Waals surface area contributed by atoms with E-state index in [1.54, 1.807) is 0 Å². The van der Waals surface area contributed by atoms with Crippen LogP contribution >= 0.6 is 0 Å². The Morgan fingerprint density at radius 3 is 2.46 bits per heavy atom. The Kier molecular flexibility index (Phi) is 3.02. The molecule has 1 heterocycles. The molecule has 1 saturated heterocycles. The minimum Gasteiger partial charge on any atom is -0.478 e. The summed E-state index contributed by atoms with van der Waals surface area (Å²) in [7, 11) is 0. The highest BCUT2D eigenvalue weighted by molar-refractivity contribution is 5.95. The monoisotopic (exact) mass is 186 g/mol. The van der Waals surface area contributed by atoms with Crippen LogP contribution in [-0.4, -0.2) is 34.9 Å². The smallest absolute Gasteiger partial charge is 0.334 e. The molecule has 0 spiro atoms. The second kappa shape index (κ2) is 4.04. The molecule has 5 nitrogen and oxygen atoms in total. The van der Waals surface area contributed by atoms with Crippen molar-refractivity contribution < 1.29 is 24.5 Å². The lowest BCUT2D eigenvalue weighted by atomic mass is 10.1. The van der Waals surface area contributed by atoms with E-state index in [0.29, 0.717) is 19.1 Å².